The normalized spacial score (nSPS) is 27.3. The number of hydrogen-bond donors (Lipinski definition) is 0. The highest BCUT2D eigenvalue weighted by molar-refractivity contribution is 5.82. The van der Waals surface area contributed by atoms with Crippen molar-refractivity contribution in [3.05, 3.63) is 0 Å². The molecule has 0 radical (unpaired) electrons. The molecule has 0 saturated heterocycles. The topological polar surface area (TPSA) is 17.1 Å². The summed E-state index contributed by atoms with van der Waals surface area (Å²) >= 11 is 0. The van der Waals surface area contributed by atoms with Gasteiger partial charge in [0.25, 0.3) is 0 Å². The van der Waals surface area contributed by atoms with Crippen LogP contribution < -0.4 is 0 Å². The molecule has 0 bridgehead atoms. The molecule has 2 atom stereocenters. The van der Waals surface area contributed by atoms with Gasteiger partial charge in [-0.2, -0.15) is 0 Å². The van der Waals surface area contributed by atoms with Crippen LogP contribution in [0.15, 0.2) is 0 Å². The molecule has 2 unspecified atom stereocenters. The third-order valence-electron chi connectivity index (χ3n) is 3.87. The van der Waals surface area contributed by atoms with E-state index >= 15 is 0 Å². The van der Waals surface area contributed by atoms with Crippen molar-refractivity contribution >= 4 is 5.78 Å². The van der Waals surface area contributed by atoms with E-state index in [2.05, 4.69) is 20.8 Å². The average molecular weight is 210 g/mol. The Morgan fingerprint density at radius 3 is 2.67 bits per heavy atom. The fourth-order valence-electron chi connectivity index (χ4n) is 2.92. The molecule has 1 saturated carbocycles. The molecule has 0 amide bonds. The summed E-state index contributed by atoms with van der Waals surface area (Å²) in [5.74, 6) is 2.30. The number of carbonyl (C=O) groups is 1. The van der Waals surface area contributed by atoms with Gasteiger partial charge in [-0.15, -0.1) is 0 Å². The molecule has 0 heterocycles. The molecular formula is C14H26O. The Balaban J connectivity index is 2.49. The Kier molecular flexibility index (Phi) is 5.35. The highest BCUT2D eigenvalue weighted by Crippen LogP contribution is 2.35. The van der Waals surface area contributed by atoms with Crippen LogP contribution in [0, 0.1) is 17.8 Å². The Labute approximate surface area is 94.6 Å². The quantitative estimate of drug-likeness (QED) is 0.621. The van der Waals surface area contributed by atoms with Gasteiger partial charge in [-0.3, -0.25) is 4.79 Å². The van der Waals surface area contributed by atoms with Crippen molar-refractivity contribution < 1.29 is 4.79 Å². The first kappa shape index (κ1) is 12.7. The first-order valence-corrected chi connectivity index (χ1v) is 6.69. The summed E-state index contributed by atoms with van der Waals surface area (Å²) < 4.78 is 0. The maximum Gasteiger partial charge on any atom is 0.136 e. The number of rotatable bonds is 5. The van der Waals surface area contributed by atoms with E-state index in [0.29, 0.717) is 23.5 Å². The average Bonchev–Trinajstić information content (AvgIpc) is 2.20. The molecule has 1 rings (SSSR count). The summed E-state index contributed by atoms with van der Waals surface area (Å²) in [4.78, 5) is 11.9. The van der Waals surface area contributed by atoms with E-state index in [1.165, 1.54) is 25.7 Å². The van der Waals surface area contributed by atoms with Crippen LogP contribution in [0.5, 0.6) is 0 Å². The summed E-state index contributed by atoms with van der Waals surface area (Å²) in [7, 11) is 0. The molecule has 88 valence electrons. The molecule has 1 heteroatoms. The predicted octanol–water partition coefficient (Wildman–Crippen LogP) is 4.21. The Morgan fingerprint density at radius 2 is 2.07 bits per heavy atom. The third-order valence-corrected chi connectivity index (χ3v) is 3.87. The molecule has 0 spiro atoms. The monoisotopic (exact) mass is 210 g/mol. The van der Waals surface area contributed by atoms with E-state index in [1.807, 2.05) is 0 Å². The minimum absolute atomic E-state index is 0.394. The SMILES string of the molecule is CCCCCC1C(=O)CCCC1C(C)C. The van der Waals surface area contributed by atoms with Crippen molar-refractivity contribution in [1.82, 2.24) is 0 Å². The lowest BCUT2D eigenvalue weighted by atomic mass is 9.71. The number of unbranched alkanes of at least 4 members (excludes halogenated alkanes) is 2. The van der Waals surface area contributed by atoms with Gasteiger partial charge in [-0.25, -0.2) is 0 Å². The standard InChI is InChI=1S/C14H26O/c1-4-5-6-8-13-12(11(2)3)9-7-10-14(13)15/h11-13H,4-10H2,1-3H3. The second kappa shape index (κ2) is 6.30. The van der Waals surface area contributed by atoms with E-state index in [9.17, 15) is 4.79 Å². The zero-order valence-corrected chi connectivity index (χ0v) is 10.6. The number of ketones is 1. The van der Waals surface area contributed by atoms with E-state index in [-0.39, 0.29) is 0 Å². The smallest absolute Gasteiger partial charge is 0.136 e. The summed E-state index contributed by atoms with van der Waals surface area (Å²) in [6, 6.07) is 0. The zero-order chi connectivity index (χ0) is 11.3. The van der Waals surface area contributed by atoms with Gasteiger partial charge in [0.05, 0.1) is 0 Å². The summed E-state index contributed by atoms with van der Waals surface area (Å²) in [5, 5.41) is 0. The summed E-state index contributed by atoms with van der Waals surface area (Å²) in [5.41, 5.74) is 0. The van der Waals surface area contributed by atoms with E-state index in [4.69, 9.17) is 0 Å². The predicted molar refractivity (Wildman–Crippen MR) is 64.8 cm³/mol. The first-order chi connectivity index (χ1) is 7.16. The van der Waals surface area contributed by atoms with Gasteiger partial charge in [-0.1, -0.05) is 40.0 Å². The fraction of sp³-hybridized carbons (Fsp3) is 0.929. The molecule has 0 N–H and O–H groups in total. The Bertz CT molecular complexity index is 196. The van der Waals surface area contributed by atoms with E-state index in [0.717, 1.165) is 19.3 Å². The highest BCUT2D eigenvalue weighted by Gasteiger charge is 2.32. The van der Waals surface area contributed by atoms with Gasteiger partial charge in [-0.05, 0) is 31.1 Å². The van der Waals surface area contributed by atoms with Crippen molar-refractivity contribution in [3.63, 3.8) is 0 Å². The molecule has 0 aromatic carbocycles. The first-order valence-electron chi connectivity index (χ1n) is 6.69. The number of carbonyl (C=O) groups excluding carboxylic acids is 1. The Morgan fingerprint density at radius 1 is 1.33 bits per heavy atom. The highest BCUT2D eigenvalue weighted by atomic mass is 16.1. The zero-order valence-electron chi connectivity index (χ0n) is 10.6. The molecule has 1 nitrogen and oxygen atoms in total. The molecule has 0 aromatic heterocycles. The van der Waals surface area contributed by atoms with Crippen molar-refractivity contribution in [3.8, 4) is 0 Å². The van der Waals surface area contributed by atoms with Crippen LogP contribution in [0.2, 0.25) is 0 Å². The third kappa shape index (κ3) is 3.62. The van der Waals surface area contributed by atoms with Crippen molar-refractivity contribution in [2.24, 2.45) is 17.8 Å². The van der Waals surface area contributed by atoms with Crippen LogP contribution in [-0.4, -0.2) is 5.78 Å². The van der Waals surface area contributed by atoms with E-state index < -0.39 is 0 Å². The lowest BCUT2D eigenvalue weighted by molar-refractivity contribution is -0.127. The van der Waals surface area contributed by atoms with Crippen molar-refractivity contribution in [2.45, 2.75) is 65.7 Å². The minimum Gasteiger partial charge on any atom is -0.299 e. The lowest BCUT2D eigenvalue weighted by Crippen LogP contribution is -2.31. The van der Waals surface area contributed by atoms with Crippen LogP contribution in [0.3, 0.4) is 0 Å². The second-order valence-electron chi connectivity index (χ2n) is 5.37. The maximum absolute atomic E-state index is 11.9. The fourth-order valence-corrected chi connectivity index (χ4v) is 2.92. The number of hydrogen-bond acceptors (Lipinski definition) is 1. The van der Waals surface area contributed by atoms with Crippen molar-refractivity contribution in [1.29, 1.82) is 0 Å². The van der Waals surface area contributed by atoms with Crippen molar-refractivity contribution in [2.75, 3.05) is 0 Å². The van der Waals surface area contributed by atoms with Gasteiger partial charge in [0.1, 0.15) is 5.78 Å². The van der Waals surface area contributed by atoms with Gasteiger partial charge >= 0.3 is 0 Å². The molecule has 1 aliphatic carbocycles. The van der Waals surface area contributed by atoms with Gasteiger partial charge in [0, 0.05) is 12.3 Å². The molecule has 15 heavy (non-hydrogen) atoms. The lowest BCUT2D eigenvalue weighted by Gasteiger charge is -2.33. The molecule has 1 fully saturated rings. The molecule has 0 aliphatic heterocycles. The van der Waals surface area contributed by atoms with Crippen LogP contribution >= 0.6 is 0 Å². The summed E-state index contributed by atoms with van der Waals surface area (Å²) in [6.45, 7) is 6.77. The minimum atomic E-state index is 0.394. The Hall–Kier alpha value is -0.330. The number of Topliss-reactive ketones (excluding diaryl/α,β-unsaturated/α-hetero) is 1. The van der Waals surface area contributed by atoms with Crippen LogP contribution in [0.1, 0.15) is 65.7 Å². The van der Waals surface area contributed by atoms with Gasteiger partial charge in [0.2, 0.25) is 0 Å². The van der Waals surface area contributed by atoms with Gasteiger partial charge < -0.3 is 0 Å². The molecule has 1 aliphatic rings. The van der Waals surface area contributed by atoms with Crippen LogP contribution in [0.25, 0.3) is 0 Å². The summed E-state index contributed by atoms with van der Waals surface area (Å²) in [6.07, 6.45) is 8.19. The van der Waals surface area contributed by atoms with Crippen LogP contribution in [-0.2, 0) is 4.79 Å². The van der Waals surface area contributed by atoms with E-state index in [1.54, 1.807) is 0 Å². The second-order valence-corrected chi connectivity index (χ2v) is 5.37. The van der Waals surface area contributed by atoms with Crippen LogP contribution in [0.4, 0.5) is 0 Å². The molecule has 0 aromatic rings. The molecular weight excluding hydrogens is 184 g/mol. The maximum atomic E-state index is 11.9. The largest absolute Gasteiger partial charge is 0.299 e. The van der Waals surface area contributed by atoms with Gasteiger partial charge in [0.15, 0.2) is 0 Å².